The molecule has 5 rings (SSSR count). The molecule has 1 aliphatic heterocycles. The van der Waals surface area contributed by atoms with E-state index in [0.717, 1.165) is 28.4 Å². The number of rotatable bonds is 4. The van der Waals surface area contributed by atoms with Gasteiger partial charge in [0.2, 0.25) is 0 Å². The molecule has 0 bridgehead atoms. The number of aromatic nitrogens is 1. The number of nitrogens with one attached hydrogen (secondary N) is 1. The van der Waals surface area contributed by atoms with E-state index in [1.54, 1.807) is 0 Å². The zero-order valence-electron chi connectivity index (χ0n) is 26.5. The summed E-state index contributed by atoms with van der Waals surface area (Å²) in [7, 11) is 0. The van der Waals surface area contributed by atoms with Gasteiger partial charge in [0.05, 0.1) is 11.4 Å². The number of aliphatic imine (C=N–C) groups is 1. The summed E-state index contributed by atoms with van der Waals surface area (Å²) in [6.45, 7) is 22.1. The molecule has 4 aromatic rings. The minimum Gasteiger partial charge on any atom is -0.358 e. The maximum atomic E-state index is 5.04. The second-order valence-corrected chi connectivity index (χ2v) is 13.8. The Morgan fingerprint density at radius 1 is 0.610 bits per heavy atom. The highest BCUT2D eigenvalue weighted by Gasteiger charge is 2.22. The first kappa shape index (κ1) is 28.6. The van der Waals surface area contributed by atoms with Crippen LogP contribution in [0.4, 0.5) is 0 Å². The lowest BCUT2D eigenvalue weighted by molar-refractivity contribution is 0.590. The number of aryl methyl sites for hydroxylation is 2. The molecule has 2 nitrogen and oxygen atoms in total. The maximum absolute atomic E-state index is 5.04. The van der Waals surface area contributed by atoms with Crippen LogP contribution in [0.1, 0.15) is 89.0 Å². The Hall–Kier alpha value is -3.91. The standard InChI is InChI=1S/C39H44N2/c1-24-19-26(3)40-36(24)35(37-25(2)20-27(4)41-37)32-22-30(28-11-15-33(16-12-28)38(5,6)7)21-31(23-32)29-13-17-34(18-14-29)39(8,9)10/h11-23,40H,1-10H3/b37-35-. The van der Waals surface area contributed by atoms with E-state index >= 15 is 0 Å². The molecule has 2 heterocycles. The number of hydrogen-bond donors (Lipinski definition) is 1. The van der Waals surface area contributed by atoms with Gasteiger partial charge < -0.3 is 4.98 Å². The van der Waals surface area contributed by atoms with Crippen molar-refractivity contribution in [2.75, 3.05) is 0 Å². The van der Waals surface area contributed by atoms with E-state index in [1.165, 1.54) is 50.1 Å². The lowest BCUT2D eigenvalue weighted by Gasteiger charge is -2.20. The van der Waals surface area contributed by atoms with Crippen LogP contribution < -0.4 is 0 Å². The van der Waals surface area contributed by atoms with Crippen molar-refractivity contribution >= 4 is 11.3 Å². The molecular formula is C39H44N2. The number of allylic oxidation sites excluding steroid dienone is 2. The average molecular weight is 541 g/mol. The molecule has 0 amide bonds. The lowest BCUT2D eigenvalue weighted by Crippen LogP contribution is -2.10. The zero-order valence-corrected chi connectivity index (χ0v) is 26.5. The van der Waals surface area contributed by atoms with Gasteiger partial charge in [-0.1, -0.05) is 90.1 Å². The van der Waals surface area contributed by atoms with E-state index in [4.69, 9.17) is 4.99 Å². The Morgan fingerprint density at radius 3 is 1.46 bits per heavy atom. The van der Waals surface area contributed by atoms with Crippen LogP contribution in [-0.4, -0.2) is 10.7 Å². The summed E-state index contributed by atoms with van der Waals surface area (Å²) in [5.41, 5.74) is 16.9. The molecule has 0 radical (unpaired) electrons. The average Bonchev–Trinajstić information content (AvgIpc) is 3.42. The van der Waals surface area contributed by atoms with Gasteiger partial charge in [-0.25, -0.2) is 0 Å². The molecule has 41 heavy (non-hydrogen) atoms. The van der Waals surface area contributed by atoms with Crippen LogP contribution in [0, 0.1) is 13.8 Å². The molecule has 0 aliphatic carbocycles. The van der Waals surface area contributed by atoms with E-state index < -0.39 is 0 Å². The summed E-state index contributed by atoms with van der Waals surface area (Å²) < 4.78 is 0. The van der Waals surface area contributed by atoms with Gasteiger partial charge in [0.1, 0.15) is 0 Å². The topological polar surface area (TPSA) is 28.1 Å². The Kier molecular flexibility index (Phi) is 7.32. The molecule has 3 aromatic carbocycles. The van der Waals surface area contributed by atoms with Gasteiger partial charge in [-0.3, -0.25) is 4.99 Å². The number of nitrogens with zero attached hydrogens (tertiary/aromatic N) is 1. The summed E-state index contributed by atoms with van der Waals surface area (Å²) in [4.78, 5) is 8.71. The Morgan fingerprint density at radius 2 is 1.10 bits per heavy atom. The monoisotopic (exact) mass is 540 g/mol. The minimum atomic E-state index is 0.114. The van der Waals surface area contributed by atoms with Crippen molar-refractivity contribution in [1.82, 2.24) is 4.98 Å². The Balaban J connectivity index is 1.77. The molecule has 210 valence electrons. The van der Waals surface area contributed by atoms with Crippen molar-refractivity contribution in [2.24, 2.45) is 4.99 Å². The van der Waals surface area contributed by atoms with Gasteiger partial charge in [0, 0.05) is 17.0 Å². The van der Waals surface area contributed by atoms with Crippen LogP contribution in [0.25, 0.3) is 27.8 Å². The van der Waals surface area contributed by atoms with E-state index in [2.05, 4.69) is 153 Å². The molecule has 0 saturated heterocycles. The fraction of sp³-hybridized carbons (Fsp3) is 0.308. The maximum Gasteiger partial charge on any atom is 0.0761 e. The normalized spacial score (nSPS) is 15.2. The van der Waals surface area contributed by atoms with Crippen molar-refractivity contribution in [2.45, 2.75) is 80.1 Å². The van der Waals surface area contributed by atoms with E-state index in [9.17, 15) is 0 Å². The number of aromatic amines is 1. The largest absolute Gasteiger partial charge is 0.358 e. The molecule has 0 saturated carbocycles. The third-order valence-electron chi connectivity index (χ3n) is 8.11. The second-order valence-electron chi connectivity index (χ2n) is 13.8. The van der Waals surface area contributed by atoms with Gasteiger partial charge in [-0.2, -0.15) is 0 Å². The summed E-state index contributed by atoms with van der Waals surface area (Å²) >= 11 is 0. The van der Waals surface area contributed by atoms with Crippen LogP contribution in [-0.2, 0) is 10.8 Å². The molecule has 0 unspecified atom stereocenters. The van der Waals surface area contributed by atoms with Gasteiger partial charge in [0.15, 0.2) is 0 Å². The third-order valence-corrected chi connectivity index (χ3v) is 8.11. The summed E-state index contributed by atoms with van der Waals surface area (Å²) in [5, 5.41) is 0. The highest BCUT2D eigenvalue weighted by atomic mass is 14.8. The number of H-pyrrole nitrogens is 1. The lowest BCUT2D eigenvalue weighted by atomic mass is 9.84. The van der Waals surface area contributed by atoms with Crippen molar-refractivity contribution in [3.63, 3.8) is 0 Å². The highest BCUT2D eigenvalue weighted by molar-refractivity contribution is 6.01. The molecular weight excluding hydrogens is 496 g/mol. The third kappa shape index (κ3) is 5.93. The van der Waals surface area contributed by atoms with Crippen LogP contribution in [0.2, 0.25) is 0 Å². The van der Waals surface area contributed by atoms with Crippen molar-refractivity contribution in [1.29, 1.82) is 0 Å². The summed E-state index contributed by atoms with van der Waals surface area (Å²) in [5.74, 6) is 0. The summed E-state index contributed by atoms with van der Waals surface area (Å²) in [6, 6.07) is 27.4. The van der Waals surface area contributed by atoms with Gasteiger partial charge >= 0.3 is 0 Å². The van der Waals surface area contributed by atoms with Crippen molar-refractivity contribution < 1.29 is 0 Å². The van der Waals surface area contributed by atoms with Crippen LogP contribution >= 0.6 is 0 Å². The van der Waals surface area contributed by atoms with Gasteiger partial charge in [-0.05, 0) is 119 Å². The smallest absolute Gasteiger partial charge is 0.0761 e. The second kappa shape index (κ2) is 10.5. The van der Waals surface area contributed by atoms with Gasteiger partial charge in [0.25, 0.3) is 0 Å². The molecule has 0 fully saturated rings. The van der Waals surface area contributed by atoms with Crippen LogP contribution in [0.15, 0.2) is 95.1 Å². The first-order valence-corrected chi connectivity index (χ1v) is 14.7. The van der Waals surface area contributed by atoms with Crippen LogP contribution in [0.5, 0.6) is 0 Å². The van der Waals surface area contributed by atoms with E-state index in [1.807, 2.05) is 0 Å². The predicted molar refractivity (Wildman–Crippen MR) is 178 cm³/mol. The number of hydrogen-bond acceptors (Lipinski definition) is 1. The van der Waals surface area contributed by atoms with E-state index in [-0.39, 0.29) is 10.8 Å². The van der Waals surface area contributed by atoms with Crippen LogP contribution in [0.3, 0.4) is 0 Å². The summed E-state index contributed by atoms with van der Waals surface area (Å²) in [6.07, 6.45) is 2.18. The molecule has 1 N–H and O–H groups in total. The molecule has 1 aliphatic rings. The fourth-order valence-electron chi connectivity index (χ4n) is 5.75. The molecule has 1 aromatic heterocycles. The molecule has 2 heteroatoms. The fourth-order valence-corrected chi connectivity index (χ4v) is 5.75. The number of benzene rings is 3. The van der Waals surface area contributed by atoms with Crippen molar-refractivity contribution in [3.05, 3.63) is 124 Å². The Bertz CT molecular complexity index is 1610. The minimum absolute atomic E-state index is 0.114. The molecule has 0 spiro atoms. The first-order chi connectivity index (χ1) is 19.2. The first-order valence-electron chi connectivity index (χ1n) is 14.7. The predicted octanol–water partition coefficient (Wildman–Crippen LogP) is 10.7. The van der Waals surface area contributed by atoms with Crippen molar-refractivity contribution in [3.8, 4) is 22.3 Å². The van der Waals surface area contributed by atoms with Gasteiger partial charge in [-0.15, -0.1) is 0 Å². The SMILES string of the molecule is CC1=CC(C)=N/C1=C(/c1cc(-c2ccc(C(C)(C)C)cc2)cc(-c2ccc(C(C)(C)C)cc2)c1)c1[nH]c(C)cc1C. The van der Waals surface area contributed by atoms with E-state index in [0.29, 0.717) is 0 Å². The molecule has 0 atom stereocenters. The Labute approximate surface area is 247 Å². The quantitative estimate of drug-likeness (QED) is 0.267. The highest BCUT2D eigenvalue weighted by Crippen LogP contribution is 2.39. The zero-order chi connectivity index (χ0) is 29.7.